The zero-order chi connectivity index (χ0) is 16.4. The fourth-order valence-corrected chi connectivity index (χ4v) is 2.39. The average molecular weight is 311 g/mol. The van der Waals surface area contributed by atoms with Crippen LogP contribution in [0.4, 0.5) is 0 Å². The van der Waals surface area contributed by atoms with Gasteiger partial charge in [-0.2, -0.15) is 0 Å². The van der Waals surface area contributed by atoms with E-state index >= 15 is 0 Å². The smallest absolute Gasteiger partial charge is 0.335 e. The van der Waals surface area contributed by atoms with E-state index in [1.807, 2.05) is 6.07 Å². The van der Waals surface area contributed by atoms with Crippen LogP contribution in [0.5, 0.6) is 0 Å². The van der Waals surface area contributed by atoms with Gasteiger partial charge in [-0.05, 0) is 17.7 Å². The molecule has 0 aromatic heterocycles. The number of nitrogens with zero attached hydrogens (tertiary/aromatic N) is 1. The summed E-state index contributed by atoms with van der Waals surface area (Å²) in [5.74, 6) is -2.54. The molecule has 0 fully saturated rings. The van der Waals surface area contributed by atoms with Crippen molar-refractivity contribution in [3.63, 3.8) is 0 Å². The molecule has 6 heteroatoms. The monoisotopic (exact) mass is 311 g/mol. The number of rotatable bonds is 5. The van der Waals surface area contributed by atoms with Gasteiger partial charge in [-0.3, -0.25) is 9.59 Å². The highest BCUT2D eigenvalue weighted by molar-refractivity contribution is 6.20. The third kappa shape index (κ3) is 2.84. The lowest BCUT2D eigenvalue weighted by Gasteiger charge is -2.19. The van der Waals surface area contributed by atoms with Crippen molar-refractivity contribution < 1.29 is 24.3 Å². The summed E-state index contributed by atoms with van der Waals surface area (Å²) in [4.78, 5) is 41.0. The first-order chi connectivity index (χ1) is 11.1. The molecule has 0 unspecified atom stereocenters. The molecule has 2 aromatic rings. The van der Waals surface area contributed by atoms with Gasteiger partial charge in [0, 0.05) is 6.42 Å². The highest BCUT2D eigenvalue weighted by Crippen LogP contribution is 2.24. The van der Waals surface area contributed by atoms with Gasteiger partial charge in [0.05, 0.1) is 11.1 Å². The Bertz CT molecular complexity index is 737. The lowest BCUT2D eigenvalue weighted by Crippen LogP contribution is -2.39. The van der Waals surface area contributed by atoms with Crippen LogP contribution >= 0.6 is 0 Å². The predicted octanol–water partition coefficient (Wildman–Crippen LogP) is 1.91. The molecule has 1 heterocycles. The Kier molecular flexibility index (Phi) is 3.91. The Labute approximate surface area is 131 Å². The quantitative estimate of drug-likeness (QED) is 0.853. The summed E-state index contributed by atoms with van der Waals surface area (Å²) >= 11 is 0. The number of fused-ring (bicyclic) bond motifs is 1. The van der Waals surface area contributed by atoms with E-state index < -0.39 is 23.9 Å². The minimum atomic E-state index is -1.33. The van der Waals surface area contributed by atoms with Crippen LogP contribution in [-0.2, 0) is 16.1 Å². The van der Waals surface area contributed by atoms with Gasteiger partial charge in [0.1, 0.15) is 0 Å². The maximum absolute atomic E-state index is 12.2. The van der Waals surface area contributed by atoms with Crippen LogP contribution < -0.4 is 0 Å². The van der Waals surface area contributed by atoms with Crippen LogP contribution in [-0.4, -0.2) is 34.1 Å². The molecule has 1 aliphatic heterocycles. The van der Waals surface area contributed by atoms with Gasteiger partial charge in [-0.25, -0.2) is 9.63 Å². The van der Waals surface area contributed by atoms with Crippen molar-refractivity contribution >= 4 is 17.8 Å². The average Bonchev–Trinajstić information content (AvgIpc) is 2.80. The first kappa shape index (κ1) is 14.9. The molecule has 0 saturated carbocycles. The van der Waals surface area contributed by atoms with E-state index in [9.17, 15) is 19.5 Å². The summed E-state index contributed by atoms with van der Waals surface area (Å²) in [6.07, 6.45) is -1.29. The lowest BCUT2D eigenvalue weighted by molar-refractivity contribution is -0.174. The zero-order valence-electron chi connectivity index (χ0n) is 12.0. The molecule has 0 saturated heterocycles. The van der Waals surface area contributed by atoms with E-state index in [0.29, 0.717) is 5.06 Å². The van der Waals surface area contributed by atoms with Gasteiger partial charge in [0.25, 0.3) is 11.8 Å². The van der Waals surface area contributed by atoms with Gasteiger partial charge in [-0.15, -0.1) is 5.06 Å². The molecule has 6 nitrogen and oxygen atoms in total. The number of imide groups is 1. The lowest BCUT2D eigenvalue weighted by atomic mass is 10.1. The topological polar surface area (TPSA) is 83.9 Å². The molecule has 1 atom stereocenters. The summed E-state index contributed by atoms with van der Waals surface area (Å²) in [7, 11) is 0. The van der Waals surface area contributed by atoms with Crippen molar-refractivity contribution in [2.24, 2.45) is 0 Å². The second kappa shape index (κ2) is 6.02. The molecule has 1 aliphatic rings. The van der Waals surface area contributed by atoms with E-state index in [-0.39, 0.29) is 17.5 Å². The molecular formula is C17H13NO5. The summed E-state index contributed by atoms with van der Waals surface area (Å²) in [6, 6.07) is 15.1. The van der Waals surface area contributed by atoms with Crippen molar-refractivity contribution in [1.29, 1.82) is 0 Å². The second-order valence-electron chi connectivity index (χ2n) is 5.07. The van der Waals surface area contributed by atoms with Crippen molar-refractivity contribution in [3.8, 4) is 0 Å². The molecule has 116 valence electrons. The molecule has 0 aliphatic carbocycles. The summed E-state index contributed by atoms with van der Waals surface area (Å²) in [5.41, 5.74) is 1.15. The van der Waals surface area contributed by atoms with Gasteiger partial charge in [-0.1, -0.05) is 42.5 Å². The van der Waals surface area contributed by atoms with Crippen molar-refractivity contribution in [1.82, 2.24) is 5.06 Å². The van der Waals surface area contributed by atoms with Crippen LogP contribution in [0.1, 0.15) is 26.3 Å². The number of carboxylic acid groups (broad SMARTS) is 1. The van der Waals surface area contributed by atoms with Gasteiger partial charge in [0.15, 0.2) is 6.10 Å². The fourth-order valence-electron chi connectivity index (χ4n) is 2.39. The van der Waals surface area contributed by atoms with Crippen molar-refractivity contribution in [2.75, 3.05) is 0 Å². The molecule has 1 N–H and O–H groups in total. The minimum Gasteiger partial charge on any atom is -0.479 e. The largest absolute Gasteiger partial charge is 0.479 e. The number of amides is 2. The fraction of sp³-hybridized carbons (Fsp3) is 0.118. The second-order valence-corrected chi connectivity index (χ2v) is 5.07. The number of aliphatic carboxylic acids is 1. The summed E-state index contributed by atoms with van der Waals surface area (Å²) < 4.78 is 0. The normalized spacial score (nSPS) is 14.7. The maximum atomic E-state index is 12.2. The Hall–Kier alpha value is -2.99. The van der Waals surface area contributed by atoms with E-state index in [4.69, 9.17) is 4.84 Å². The molecule has 0 bridgehead atoms. The SMILES string of the molecule is O=C(O)[C@@H](Cc1ccccc1)ON1C(=O)c2ccccc2C1=O. The zero-order valence-corrected chi connectivity index (χ0v) is 12.0. The highest BCUT2D eigenvalue weighted by Gasteiger charge is 2.39. The van der Waals surface area contributed by atoms with Crippen LogP contribution in [0.2, 0.25) is 0 Å². The van der Waals surface area contributed by atoms with Gasteiger partial charge >= 0.3 is 5.97 Å². The number of benzene rings is 2. The van der Waals surface area contributed by atoms with E-state index in [1.54, 1.807) is 36.4 Å². The van der Waals surface area contributed by atoms with Crippen LogP contribution in [0.15, 0.2) is 54.6 Å². The number of hydrogen-bond donors (Lipinski definition) is 1. The summed E-state index contributed by atoms with van der Waals surface area (Å²) in [6.45, 7) is 0. The Morgan fingerprint density at radius 2 is 1.48 bits per heavy atom. The molecule has 2 aromatic carbocycles. The third-order valence-electron chi connectivity index (χ3n) is 3.53. The number of hydroxylamine groups is 2. The van der Waals surface area contributed by atoms with E-state index in [2.05, 4.69) is 0 Å². The van der Waals surface area contributed by atoms with Gasteiger partial charge in [0.2, 0.25) is 0 Å². The van der Waals surface area contributed by atoms with Crippen LogP contribution in [0.25, 0.3) is 0 Å². The Balaban J connectivity index is 1.81. The Morgan fingerprint density at radius 1 is 0.957 bits per heavy atom. The standard InChI is InChI=1S/C17H13NO5/c19-15-12-8-4-5-9-13(12)16(20)18(15)23-14(17(21)22)10-11-6-2-1-3-7-11/h1-9,14H,10H2,(H,21,22)/t14-/m1/s1. The van der Waals surface area contributed by atoms with E-state index in [0.717, 1.165) is 5.56 Å². The van der Waals surface area contributed by atoms with Gasteiger partial charge < -0.3 is 5.11 Å². The number of carboxylic acids is 1. The summed E-state index contributed by atoms with van der Waals surface area (Å²) in [5, 5.41) is 9.84. The maximum Gasteiger partial charge on any atom is 0.335 e. The molecule has 0 spiro atoms. The molecule has 3 rings (SSSR count). The first-order valence-electron chi connectivity index (χ1n) is 6.99. The van der Waals surface area contributed by atoms with Crippen LogP contribution in [0, 0.1) is 0 Å². The molecule has 23 heavy (non-hydrogen) atoms. The molecular weight excluding hydrogens is 298 g/mol. The van der Waals surface area contributed by atoms with Crippen molar-refractivity contribution in [2.45, 2.75) is 12.5 Å². The number of carbonyl (C=O) groups excluding carboxylic acids is 2. The number of hydrogen-bond acceptors (Lipinski definition) is 4. The molecule has 0 radical (unpaired) electrons. The Morgan fingerprint density at radius 3 is 2.00 bits per heavy atom. The first-order valence-corrected chi connectivity index (χ1v) is 6.99. The molecule has 2 amide bonds. The predicted molar refractivity (Wildman–Crippen MR) is 79.6 cm³/mol. The highest BCUT2D eigenvalue weighted by atomic mass is 16.7. The van der Waals surface area contributed by atoms with Crippen molar-refractivity contribution in [3.05, 3.63) is 71.3 Å². The minimum absolute atomic E-state index is 0.0452. The van der Waals surface area contributed by atoms with Crippen LogP contribution in [0.3, 0.4) is 0 Å². The van der Waals surface area contributed by atoms with E-state index in [1.165, 1.54) is 12.1 Å². The number of carbonyl (C=O) groups is 3. The third-order valence-corrected chi connectivity index (χ3v) is 3.53.